The zero-order valence-corrected chi connectivity index (χ0v) is 13.0. The average Bonchev–Trinajstić information content (AvgIpc) is 2.91. The maximum atomic E-state index is 12.3. The summed E-state index contributed by atoms with van der Waals surface area (Å²) in [6.07, 6.45) is 3.21. The van der Waals surface area contributed by atoms with Crippen LogP contribution in [0.4, 0.5) is 5.82 Å². The predicted molar refractivity (Wildman–Crippen MR) is 68.2 cm³/mol. The molecule has 0 spiro atoms. The summed E-state index contributed by atoms with van der Waals surface area (Å²) in [7, 11) is 0. The van der Waals surface area contributed by atoms with Crippen molar-refractivity contribution in [3.63, 3.8) is 0 Å². The van der Waals surface area contributed by atoms with Gasteiger partial charge in [-0.25, -0.2) is 0 Å². The molecule has 2 bridgehead atoms. The van der Waals surface area contributed by atoms with E-state index in [2.05, 4.69) is 10.5 Å². The largest absolute Gasteiger partial charge is 1.00 e. The SMILES string of the molecule is CC(C(=O)Nc1ccon1)[N+]12CCC(CC1)[C@@H](O)C2.[Br-]. The minimum atomic E-state index is -0.259. The van der Waals surface area contributed by atoms with Crippen LogP contribution in [0.15, 0.2) is 16.9 Å². The third-order valence-electron chi connectivity index (χ3n) is 4.88. The number of hydrogen-bond acceptors (Lipinski definition) is 4. The molecule has 20 heavy (non-hydrogen) atoms. The third kappa shape index (κ3) is 2.62. The quantitative estimate of drug-likeness (QED) is 0.599. The number of amides is 1. The smallest absolute Gasteiger partial charge is 0.283 e. The maximum absolute atomic E-state index is 12.3. The summed E-state index contributed by atoms with van der Waals surface area (Å²) >= 11 is 0. The van der Waals surface area contributed by atoms with Gasteiger partial charge in [-0.1, -0.05) is 5.16 Å². The van der Waals surface area contributed by atoms with E-state index in [4.69, 9.17) is 4.52 Å². The Morgan fingerprint density at radius 2 is 2.25 bits per heavy atom. The average molecular weight is 346 g/mol. The molecule has 3 fully saturated rings. The van der Waals surface area contributed by atoms with Gasteiger partial charge in [-0.05, 0) is 6.92 Å². The van der Waals surface area contributed by atoms with E-state index in [-0.39, 0.29) is 35.0 Å². The number of halogens is 1. The molecule has 3 saturated heterocycles. The number of quaternary nitrogens is 1. The van der Waals surface area contributed by atoms with Crippen molar-refractivity contribution in [2.24, 2.45) is 5.92 Å². The van der Waals surface area contributed by atoms with E-state index in [0.29, 0.717) is 22.8 Å². The molecule has 112 valence electrons. The molecule has 3 aliphatic heterocycles. The van der Waals surface area contributed by atoms with Crippen molar-refractivity contribution in [3.8, 4) is 0 Å². The summed E-state index contributed by atoms with van der Waals surface area (Å²) in [6.45, 7) is 4.59. The number of carbonyl (C=O) groups excluding carboxylic acids is 1. The molecule has 3 aliphatic rings. The molecule has 1 aromatic heterocycles. The van der Waals surface area contributed by atoms with Gasteiger partial charge in [0.15, 0.2) is 11.9 Å². The highest BCUT2D eigenvalue weighted by Crippen LogP contribution is 2.36. The second-order valence-electron chi connectivity index (χ2n) is 5.80. The molecular formula is C13H20BrN3O3. The third-order valence-corrected chi connectivity index (χ3v) is 4.88. The van der Waals surface area contributed by atoms with Crippen LogP contribution in [0.3, 0.4) is 0 Å². The van der Waals surface area contributed by atoms with Crippen molar-refractivity contribution in [1.29, 1.82) is 0 Å². The molecule has 4 heterocycles. The van der Waals surface area contributed by atoms with Gasteiger partial charge in [0, 0.05) is 24.8 Å². The van der Waals surface area contributed by atoms with Gasteiger partial charge < -0.3 is 36.4 Å². The molecule has 0 saturated carbocycles. The highest BCUT2D eigenvalue weighted by molar-refractivity contribution is 5.92. The number of anilines is 1. The number of hydrogen-bond donors (Lipinski definition) is 2. The van der Waals surface area contributed by atoms with Gasteiger partial charge in [0.1, 0.15) is 18.9 Å². The molecule has 7 heteroatoms. The second kappa shape index (κ2) is 5.83. The van der Waals surface area contributed by atoms with Crippen LogP contribution >= 0.6 is 0 Å². The lowest BCUT2D eigenvalue weighted by Crippen LogP contribution is -3.00. The van der Waals surface area contributed by atoms with E-state index in [1.165, 1.54) is 6.26 Å². The van der Waals surface area contributed by atoms with Gasteiger partial charge >= 0.3 is 0 Å². The Morgan fingerprint density at radius 3 is 2.80 bits per heavy atom. The molecule has 4 rings (SSSR count). The highest BCUT2D eigenvalue weighted by atomic mass is 79.9. The van der Waals surface area contributed by atoms with Gasteiger partial charge in [-0.2, -0.15) is 0 Å². The number of carbonyl (C=O) groups is 1. The monoisotopic (exact) mass is 345 g/mol. The molecule has 1 unspecified atom stereocenters. The lowest BCUT2D eigenvalue weighted by atomic mass is 9.82. The molecule has 2 N–H and O–H groups in total. The summed E-state index contributed by atoms with van der Waals surface area (Å²) in [5.74, 6) is 0.828. The van der Waals surface area contributed by atoms with Crippen LogP contribution in [-0.2, 0) is 4.79 Å². The first-order chi connectivity index (χ1) is 9.11. The predicted octanol–water partition coefficient (Wildman–Crippen LogP) is -2.39. The van der Waals surface area contributed by atoms with Crippen LogP contribution in [-0.4, -0.2) is 52.4 Å². The number of nitrogens with one attached hydrogen (secondary N) is 1. The van der Waals surface area contributed by atoms with Crippen molar-refractivity contribution in [3.05, 3.63) is 12.3 Å². The lowest BCUT2D eigenvalue weighted by Gasteiger charge is -2.53. The first-order valence-corrected chi connectivity index (χ1v) is 6.86. The highest BCUT2D eigenvalue weighted by Gasteiger charge is 2.50. The number of nitrogens with zero attached hydrogens (tertiary/aromatic N) is 2. The Morgan fingerprint density at radius 1 is 1.55 bits per heavy atom. The maximum Gasteiger partial charge on any atom is 0.283 e. The fourth-order valence-electron chi connectivity index (χ4n) is 3.49. The minimum Gasteiger partial charge on any atom is -1.00 e. The topological polar surface area (TPSA) is 75.4 Å². The van der Waals surface area contributed by atoms with E-state index >= 15 is 0 Å². The number of piperidine rings is 3. The molecule has 1 amide bonds. The first kappa shape index (κ1) is 15.5. The number of aliphatic hydroxyl groups excluding tert-OH is 1. The van der Waals surface area contributed by atoms with Crippen LogP contribution in [0, 0.1) is 5.92 Å². The van der Waals surface area contributed by atoms with Crippen molar-refractivity contribution < 1.29 is 35.9 Å². The number of fused-ring (bicyclic) bond motifs is 3. The van der Waals surface area contributed by atoms with E-state index in [1.807, 2.05) is 6.92 Å². The van der Waals surface area contributed by atoms with E-state index in [9.17, 15) is 9.90 Å². The normalized spacial score (nSPS) is 33.3. The van der Waals surface area contributed by atoms with E-state index in [0.717, 1.165) is 25.9 Å². The fourth-order valence-corrected chi connectivity index (χ4v) is 3.49. The summed E-state index contributed by atoms with van der Waals surface area (Å²) < 4.78 is 5.40. The van der Waals surface area contributed by atoms with Crippen LogP contribution in [0.25, 0.3) is 0 Å². The standard InChI is InChI=1S/C13H19N3O3.BrH/c1-9(13(18)14-12-4-7-19-15-12)16-5-2-10(3-6-16)11(17)8-16;/h4,7,9-11,17H,2-3,5-6,8H2,1H3;1H/t9?,10?,11-,16?;/m0./s1. The summed E-state index contributed by atoms with van der Waals surface area (Å²) in [5.41, 5.74) is 0. The Hall–Kier alpha value is -0.920. The molecule has 2 atom stereocenters. The molecule has 6 nitrogen and oxygen atoms in total. The zero-order chi connectivity index (χ0) is 13.5. The van der Waals surface area contributed by atoms with Gasteiger partial charge in [0.25, 0.3) is 5.91 Å². The minimum absolute atomic E-state index is 0. The molecule has 0 aromatic carbocycles. The van der Waals surface area contributed by atoms with Gasteiger partial charge in [-0.3, -0.25) is 4.79 Å². The van der Waals surface area contributed by atoms with Crippen LogP contribution in [0.2, 0.25) is 0 Å². The number of aromatic nitrogens is 1. The fraction of sp³-hybridized carbons (Fsp3) is 0.692. The van der Waals surface area contributed by atoms with Gasteiger partial charge in [0.05, 0.1) is 13.1 Å². The summed E-state index contributed by atoms with van der Waals surface area (Å²) in [4.78, 5) is 12.3. The van der Waals surface area contributed by atoms with E-state index in [1.54, 1.807) is 6.07 Å². The summed E-state index contributed by atoms with van der Waals surface area (Å²) in [6, 6.07) is 1.45. The Bertz CT molecular complexity index is 457. The number of aliphatic hydroxyl groups is 1. The second-order valence-corrected chi connectivity index (χ2v) is 5.80. The first-order valence-electron chi connectivity index (χ1n) is 6.86. The van der Waals surface area contributed by atoms with Gasteiger partial charge in [0.2, 0.25) is 0 Å². The molecule has 0 aliphatic carbocycles. The van der Waals surface area contributed by atoms with E-state index < -0.39 is 0 Å². The van der Waals surface area contributed by atoms with Crippen molar-refractivity contribution >= 4 is 11.7 Å². The van der Waals surface area contributed by atoms with Crippen molar-refractivity contribution in [2.75, 3.05) is 25.0 Å². The molecular weight excluding hydrogens is 326 g/mol. The lowest BCUT2D eigenvalue weighted by molar-refractivity contribution is -0.958. The Balaban J connectivity index is 0.00000147. The van der Waals surface area contributed by atoms with Crippen LogP contribution in [0.1, 0.15) is 19.8 Å². The van der Waals surface area contributed by atoms with Crippen LogP contribution in [0.5, 0.6) is 0 Å². The zero-order valence-electron chi connectivity index (χ0n) is 11.5. The Kier molecular flexibility index (Phi) is 4.51. The molecule has 0 radical (unpaired) electrons. The number of rotatable bonds is 3. The van der Waals surface area contributed by atoms with Crippen LogP contribution < -0.4 is 22.3 Å². The van der Waals surface area contributed by atoms with Crippen molar-refractivity contribution in [1.82, 2.24) is 5.16 Å². The van der Waals surface area contributed by atoms with Crippen molar-refractivity contribution in [2.45, 2.75) is 31.9 Å². The molecule has 1 aromatic rings. The van der Waals surface area contributed by atoms with Gasteiger partial charge in [-0.15, -0.1) is 0 Å². The Labute approximate surface area is 128 Å². The summed E-state index contributed by atoms with van der Waals surface area (Å²) in [5, 5.41) is 16.5.